The van der Waals surface area contributed by atoms with Crippen LogP contribution in [-0.4, -0.2) is 5.97 Å². The van der Waals surface area contributed by atoms with Crippen LogP contribution in [-0.2, 0) is 8.98 Å². The minimum Gasteiger partial charge on any atom is -0.402 e. The summed E-state index contributed by atoms with van der Waals surface area (Å²) < 4.78 is 7.21. The molecule has 3 rings (SSSR count). The Labute approximate surface area is 158 Å². The van der Waals surface area contributed by atoms with Gasteiger partial charge in [-0.3, -0.25) is 4.79 Å². The number of hydrogen-bond donors (Lipinski definition) is 0. The first-order chi connectivity index (χ1) is 12.2. The predicted octanol–water partition coefficient (Wildman–Crippen LogP) is 6.60. The summed E-state index contributed by atoms with van der Waals surface area (Å²) in [5.74, 6) is -0.203. The molecular weight excluding hydrogens is 396 g/mol. The first-order valence-corrected chi connectivity index (χ1v) is 10.4. The molecule has 2 nitrogen and oxygen atoms in total. The van der Waals surface area contributed by atoms with E-state index in [0.29, 0.717) is 6.42 Å². The van der Waals surface area contributed by atoms with Crippen molar-refractivity contribution < 1.29 is 8.98 Å². The molecule has 0 aliphatic rings. The lowest BCUT2D eigenvalue weighted by Gasteiger charge is -2.39. The molecular formula is C21H19BrO2S. The van der Waals surface area contributed by atoms with Crippen LogP contribution >= 0.6 is 26.2 Å². The molecule has 4 heteroatoms. The molecule has 0 aliphatic carbocycles. The largest absolute Gasteiger partial charge is 0.402 e. The summed E-state index contributed by atoms with van der Waals surface area (Å²) in [6.07, 6.45) is 0.338. The Balaban J connectivity index is 2.30. The van der Waals surface area contributed by atoms with Gasteiger partial charge >= 0.3 is 5.97 Å². The van der Waals surface area contributed by atoms with Crippen molar-refractivity contribution in [2.45, 2.75) is 28.0 Å². The molecule has 0 saturated heterocycles. The van der Waals surface area contributed by atoms with E-state index in [1.807, 2.05) is 91.9 Å². The highest BCUT2D eigenvalue weighted by atomic mass is 79.9. The maximum atomic E-state index is 12.4. The summed E-state index contributed by atoms with van der Waals surface area (Å²) in [6, 6.07) is 28.1. The fourth-order valence-electron chi connectivity index (χ4n) is 2.60. The first-order valence-electron chi connectivity index (χ1n) is 8.08. The van der Waals surface area contributed by atoms with E-state index in [9.17, 15) is 4.79 Å². The van der Waals surface area contributed by atoms with Crippen LogP contribution < -0.4 is 0 Å². The predicted molar refractivity (Wildman–Crippen MR) is 106 cm³/mol. The van der Waals surface area contributed by atoms with Crippen molar-refractivity contribution >= 4 is 32.2 Å². The van der Waals surface area contributed by atoms with Gasteiger partial charge in [0, 0.05) is 25.6 Å². The number of hydrogen-bond acceptors (Lipinski definition) is 2. The zero-order valence-electron chi connectivity index (χ0n) is 13.9. The third kappa shape index (κ3) is 3.65. The van der Waals surface area contributed by atoms with Gasteiger partial charge in [0.05, 0.1) is 0 Å². The van der Waals surface area contributed by atoms with Crippen molar-refractivity contribution in [3.63, 3.8) is 0 Å². The molecule has 0 saturated carbocycles. The summed E-state index contributed by atoms with van der Waals surface area (Å²) in [5, 5.41) is 0. The third-order valence-corrected chi connectivity index (χ3v) is 7.58. The van der Waals surface area contributed by atoms with E-state index in [1.165, 1.54) is 0 Å². The second kappa shape index (κ2) is 7.89. The highest BCUT2D eigenvalue weighted by Gasteiger charge is 2.35. The van der Waals surface area contributed by atoms with Gasteiger partial charge in [0.2, 0.25) is 0 Å². The number of halogens is 1. The first kappa shape index (κ1) is 17.8. The van der Waals surface area contributed by atoms with Gasteiger partial charge in [-0.05, 0) is 58.8 Å². The van der Waals surface area contributed by atoms with E-state index >= 15 is 0 Å². The van der Waals surface area contributed by atoms with Crippen molar-refractivity contribution in [3.05, 3.63) is 89.4 Å². The van der Waals surface area contributed by atoms with Crippen molar-refractivity contribution in [3.8, 4) is 0 Å². The Morgan fingerprint density at radius 3 is 1.68 bits per heavy atom. The molecule has 128 valence electrons. The maximum absolute atomic E-state index is 12.4. The number of carbonyl (C=O) groups is 1. The number of benzene rings is 3. The SMILES string of the molecule is CCC(=O)OS(c1ccccc1)(c1ccccc1)c1ccc(Br)cc1. The van der Waals surface area contributed by atoms with E-state index < -0.39 is 10.3 Å². The van der Waals surface area contributed by atoms with Gasteiger partial charge in [-0.25, -0.2) is 0 Å². The minimum absolute atomic E-state index is 0.203. The smallest absolute Gasteiger partial charge is 0.316 e. The van der Waals surface area contributed by atoms with Gasteiger partial charge in [0.15, 0.2) is 0 Å². The van der Waals surface area contributed by atoms with Gasteiger partial charge in [-0.2, -0.15) is 0 Å². The van der Waals surface area contributed by atoms with E-state index in [2.05, 4.69) is 15.9 Å². The van der Waals surface area contributed by atoms with Crippen molar-refractivity contribution in [2.24, 2.45) is 0 Å². The van der Waals surface area contributed by atoms with Gasteiger partial charge in [-0.15, -0.1) is 0 Å². The normalized spacial score (nSPS) is 11.8. The van der Waals surface area contributed by atoms with E-state index in [-0.39, 0.29) is 5.97 Å². The Bertz CT molecular complexity index is 793. The minimum atomic E-state index is -2.13. The Hall–Kier alpha value is -2.04. The highest BCUT2D eigenvalue weighted by molar-refractivity contribution is 9.10. The quantitative estimate of drug-likeness (QED) is 0.469. The van der Waals surface area contributed by atoms with Crippen LogP contribution in [0.25, 0.3) is 0 Å². The average molecular weight is 415 g/mol. The Morgan fingerprint density at radius 2 is 1.24 bits per heavy atom. The lowest BCUT2D eigenvalue weighted by Crippen LogP contribution is -2.12. The molecule has 3 aromatic carbocycles. The standard InChI is InChI=1S/C21H19BrO2S/c1-2-21(23)24-25(18-9-5-3-6-10-18,19-11-7-4-8-12-19)20-15-13-17(22)14-16-20/h3-16H,2H2,1H3. The fourth-order valence-corrected chi connectivity index (χ4v) is 5.97. The van der Waals surface area contributed by atoms with Crippen LogP contribution in [0.3, 0.4) is 0 Å². The molecule has 0 heterocycles. The van der Waals surface area contributed by atoms with Crippen LogP contribution in [0, 0.1) is 0 Å². The topological polar surface area (TPSA) is 26.3 Å². The third-order valence-electron chi connectivity index (χ3n) is 3.80. The summed E-state index contributed by atoms with van der Waals surface area (Å²) >= 11 is 3.49. The van der Waals surface area contributed by atoms with E-state index in [0.717, 1.165) is 19.2 Å². The molecule has 3 aromatic rings. The highest BCUT2D eigenvalue weighted by Crippen LogP contribution is 2.69. The van der Waals surface area contributed by atoms with Crippen molar-refractivity contribution in [1.82, 2.24) is 0 Å². The van der Waals surface area contributed by atoms with Crippen LogP contribution in [0.4, 0.5) is 0 Å². The van der Waals surface area contributed by atoms with Crippen LogP contribution in [0.1, 0.15) is 13.3 Å². The van der Waals surface area contributed by atoms with Gasteiger partial charge in [-0.1, -0.05) is 59.3 Å². The maximum Gasteiger partial charge on any atom is 0.316 e. The van der Waals surface area contributed by atoms with Crippen LogP contribution in [0.15, 0.2) is 104 Å². The summed E-state index contributed by atoms with van der Waals surface area (Å²) in [5.41, 5.74) is 0. The lowest BCUT2D eigenvalue weighted by molar-refractivity contribution is -0.133. The number of carbonyl (C=O) groups excluding carboxylic acids is 1. The molecule has 0 bridgehead atoms. The Morgan fingerprint density at radius 1 is 0.800 bits per heavy atom. The molecule has 25 heavy (non-hydrogen) atoms. The van der Waals surface area contributed by atoms with Gasteiger partial charge in [0.25, 0.3) is 0 Å². The van der Waals surface area contributed by atoms with Crippen LogP contribution in [0.5, 0.6) is 0 Å². The zero-order chi connectivity index (χ0) is 17.7. The molecule has 0 fully saturated rings. The molecule has 0 aliphatic heterocycles. The summed E-state index contributed by atoms with van der Waals surface area (Å²) in [4.78, 5) is 15.4. The molecule has 0 unspecified atom stereocenters. The monoisotopic (exact) mass is 414 g/mol. The Kier molecular flexibility index (Phi) is 5.61. The molecule has 0 spiro atoms. The second-order valence-corrected chi connectivity index (χ2v) is 9.05. The summed E-state index contributed by atoms with van der Waals surface area (Å²) in [7, 11) is -2.13. The van der Waals surface area contributed by atoms with Gasteiger partial charge < -0.3 is 4.18 Å². The van der Waals surface area contributed by atoms with Crippen molar-refractivity contribution in [2.75, 3.05) is 0 Å². The lowest BCUT2D eigenvalue weighted by atomic mass is 10.4. The average Bonchev–Trinajstić information content (AvgIpc) is 2.68. The molecule has 0 amide bonds. The fraction of sp³-hybridized carbons (Fsp3) is 0.0952. The van der Waals surface area contributed by atoms with E-state index in [4.69, 9.17) is 4.18 Å². The molecule has 0 atom stereocenters. The molecule has 0 N–H and O–H groups in total. The van der Waals surface area contributed by atoms with Gasteiger partial charge in [0.1, 0.15) is 0 Å². The van der Waals surface area contributed by atoms with Crippen LogP contribution in [0.2, 0.25) is 0 Å². The number of rotatable bonds is 5. The zero-order valence-corrected chi connectivity index (χ0v) is 16.3. The summed E-state index contributed by atoms with van der Waals surface area (Å²) in [6.45, 7) is 1.82. The molecule has 0 radical (unpaired) electrons. The second-order valence-electron chi connectivity index (χ2n) is 5.45. The molecule has 0 aromatic heterocycles. The van der Waals surface area contributed by atoms with Crippen molar-refractivity contribution in [1.29, 1.82) is 0 Å². The van der Waals surface area contributed by atoms with E-state index in [1.54, 1.807) is 0 Å².